The van der Waals surface area contributed by atoms with E-state index in [-0.39, 0.29) is 5.43 Å². The molecule has 1 aromatic heterocycles. The fourth-order valence-electron chi connectivity index (χ4n) is 1.57. The summed E-state index contributed by atoms with van der Waals surface area (Å²) >= 11 is 0. The molecule has 0 aliphatic heterocycles. The molecule has 4 nitrogen and oxygen atoms in total. The normalized spacial score (nSPS) is 10.8. The van der Waals surface area contributed by atoms with Crippen molar-refractivity contribution in [2.24, 2.45) is 0 Å². The Morgan fingerprint density at radius 2 is 1.87 bits per heavy atom. The number of rotatable bonds is 2. The van der Waals surface area contributed by atoms with E-state index in [0.717, 1.165) is 5.69 Å². The topological polar surface area (TPSA) is 59.9 Å². The maximum Gasteiger partial charge on any atom is 0.235 e. The average Bonchev–Trinajstić information content (AvgIpc) is 2.26. The van der Waals surface area contributed by atoms with E-state index in [1.54, 1.807) is 6.20 Å². The Bertz CT molecular complexity index is 563. The Hall–Kier alpha value is -1.84. The molecule has 1 heterocycles. The summed E-state index contributed by atoms with van der Waals surface area (Å²) in [4.78, 5) is 30.7. The second-order valence-corrected chi connectivity index (χ2v) is 3.41. The van der Waals surface area contributed by atoms with Crippen molar-refractivity contribution < 1.29 is 0 Å². The molecule has 0 aliphatic rings. The third kappa shape index (κ3) is 1.38. The average molecular weight is 202 g/mol. The predicted octanol–water partition coefficient (Wildman–Crippen LogP) is 0.610. The van der Waals surface area contributed by atoms with Crippen molar-refractivity contribution in [1.82, 2.24) is 9.97 Å². The fraction of sp³-hybridized carbons (Fsp3) is 0.273. The fourth-order valence-corrected chi connectivity index (χ4v) is 1.57. The van der Waals surface area contributed by atoms with Crippen molar-refractivity contribution in [3.05, 3.63) is 44.1 Å². The quantitative estimate of drug-likeness (QED) is 0.669. The van der Waals surface area contributed by atoms with Gasteiger partial charge in [0.1, 0.15) is 0 Å². The zero-order chi connectivity index (χ0) is 11.0. The lowest BCUT2D eigenvalue weighted by atomic mass is 9.96. The summed E-state index contributed by atoms with van der Waals surface area (Å²) < 4.78 is 0. The van der Waals surface area contributed by atoms with Crippen molar-refractivity contribution in [1.29, 1.82) is 0 Å². The van der Waals surface area contributed by atoms with Crippen LogP contribution in [0.3, 0.4) is 0 Å². The molecule has 2 aromatic rings. The number of aromatic nitrogens is 2. The van der Waals surface area contributed by atoms with Crippen LogP contribution < -0.4 is 10.9 Å². The van der Waals surface area contributed by atoms with Gasteiger partial charge < -0.3 is 0 Å². The van der Waals surface area contributed by atoms with Gasteiger partial charge in [-0.3, -0.25) is 19.6 Å². The molecule has 0 aliphatic carbocycles. The summed E-state index contributed by atoms with van der Waals surface area (Å²) in [6.45, 7) is 3.67. The maximum atomic E-state index is 11.3. The van der Waals surface area contributed by atoms with Crippen LogP contribution in [0, 0.1) is 6.92 Å². The van der Waals surface area contributed by atoms with Gasteiger partial charge in [-0.15, -0.1) is 0 Å². The molecule has 4 heteroatoms. The van der Waals surface area contributed by atoms with E-state index in [1.165, 1.54) is 6.20 Å². The van der Waals surface area contributed by atoms with E-state index in [0.29, 0.717) is 23.2 Å². The van der Waals surface area contributed by atoms with Gasteiger partial charge in [0.25, 0.3) is 0 Å². The zero-order valence-electron chi connectivity index (χ0n) is 8.57. The molecule has 0 fully saturated rings. The first kappa shape index (κ1) is 9.71. The number of hydrogen-bond donors (Lipinski definition) is 0. The van der Waals surface area contributed by atoms with E-state index in [4.69, 9.17) is 0 Å². The van der Waals surface area contributed by atoms with Gasteiger partial charge in [0.05, 0.1) is 23.1 Å². The van der Waals surface area contributed by atoms with E-state index in [1.807, 2.05) is 13.8 Å². The number of aryl methyl sites for hydroxylation is 1. The van der Waals surface area contributed by atoms with Gasteiger partial charge in [-0.1, -0.05) is 6.92 Å². The molecule has 0 spiro atoms. The van der Waals surface area contributed by atoms with Crippen LogP contribution in [0.2, 0.25) is 0 Å². The van der Waals surface area contributed by atoms with E-state index >= 15 is 0 Å². The Balaban J connectivity index is 2.56. The summed E-state index contributed by atoms with van der Waals surface area (Å²) in [7, 11) is 0. The van der Waals surface area contributed by atoms with E-state index < -0.39 is 5.43 Å². The first-order valence-electron chi connectivity index (χ1n) is 4.76. The zero-order valence-corrected chi connectivity index (χ0v) is 8.57. The first-order chi connectivity index (χ1) is 7.15. The van der Waals surface area contributed by atoms with Crippen LogP contribution in [0.1, 0.15) is 18.2 Å². The third-order valence-corrected chi connectivity index (χ3v) is 2.40. The van der Waals surface area contributed by atoms with Crippen LogP contribution in [0.25, 0.3) is 11.3 Å². The number of nitrogens with zero attached hydrogens (tertiary/aromatic N) is 2. The van der Waals surface area contributed by atoms with Crippen LogP contribution in [0.5, 0.6) is 0 Å². The highest BCUT2D eigenvalue weighted by atomic mass is 16.2. The van der Waals surface area contributed by atoms with Gasteiger partial charge in [-0.05, 0) is 13.3 Å². The summed E-state index contributed by atoms with van der Waals surface area (Å²) in [6.07, 6.45) is 3.69. The Labute approximate surface area is 86.3 Å². The standard InChI is InChI=1S/C11H10N2O2/c1-3-7-9(11(15)10(7)14)8-5-12-6(2)4-13-8/h4-5H,3H2,1-2H3. The minimum Gasteiger partial charge on any atom is -0.285 e. The van der Waals surface area contributed by atoms with Gasteiger partial charge in [0, 0.05) is 11.8 Å². The molecule has 0 N–H and O–H groups in total. The van der Waals surface area contributed by atoms with Crippen molar-refractivity contribution in [3.63, 3.8) is 0 Å². The monoisotopic (exact) mass is 202 g/mol. The van der Waals surface area contributed by atoms with Crippen molar-refractivity contribution in [2.45, 2.75) is 20.3 Å². The minimum atomic E-state index is -0.440. The van der Waals surface area contributed by atoms with Gasteiger partial charge in [-0.25, -0.2) is 0 Å². The summed E-state index contributed by atoms with van der Waals surface area (Å²) in [5.74, 6) is 0. The van der Waals surface area contributed by atoms with Crippen LogP contribution in [0.4, 0.5) is 0 Å². The molecule has 0 atom stereocenters. The lowest BCUT2D eigenvalue weighted by molar-refractivity contribution is 1.05. The Kier molecular flexibility index (Phi) is 2.19. The molecule has 76 valence electrons. The molecular weight excluding hydrogens is 192 g/mol. The van der Waals surface area contributed by atoms with E-state index in [2.05, 4.69) is 9.97 Å². The lowest BCUT2D eigenvalue weighted by Crippen LogP contribution is -2.37. The first-order valence-corrected chi connectivity index (χ1v) is 4.76. The van der Waals surface area contributed by atoms with Crippen LogP contribution in [0.15, 0.2) is 22.0 Å². The lowest BCUT2D eigenvalue weighted by Gasteiger charge is -2.07. The molecule has 1 aromatic carbocycles. The summed E-state index contributed by atoms with van der Waals surface area (Å²) in [6, 6.07) is 0. The van der Waals surface area contributed by atoms with Gasteiger partial charge >= 0.3 is 0 Å². The van der Waals surface area contributed by atoms with Gasteiger partial charge in [0.15, 0.2) is 0 Å². The minimum absolute atomic E-state index is 0.380. The number of hydrogen-bond acceptors (Lipinski definition) is 4. The molecule has 0 saturated carbocycles. The highest BCUT2D eigenvalue weighted by molar-refractivity contribution is 5.66. The Morgan fingerprint density at radius 1 is 1.13 bits per heavy atom. The van der Waals surface area contributed by atoms with Gasteiger partial charge in [0.2, 0.25) is 10.9 Å². The molecular formula is C11H10N2O2. The van der Waals surface area contributed by atoms with Crippen molar-refractivity contribution in [3.8, 4) is 11.3 Å². The molecule has 0 unspecified atom stereocenters. The largest absolute Gasteiger partial charge is 0.285 e. The molecule has 0 radical (unpaired) electrons. The molecule has 2 rings (SSSR count). The van der Waals surface area contributed by atoms with Crippen molar-refractivity contribution in [2.75, 3.05) is 0 Å². The predicted molar refractivity (Wildman–Crippen MR) is 56.5 cm³/mol. The molecule has 0 saturated heterocycles. The smallest absolute Gasteiger partial charge is 0.235 e. The summed E-state index contributed by atoms with van der Waals surface area (Å²) in [5.41, 5.74) is 1.48. The molecule has 0 bridgehead atoms. The SMILES string of the molecule is CCc1c(-c2cnc(C)cn2)c(=O)c1=O. The van der Waals surface area contributed by atoms with Gasteiger partial charge in [-0.2, -0.15) is 0 Å². The van der Waals surface area contributed by atoms with Crippen LogP contribution >= 0.6 is 0 Å². The molecule has 0 amide bonds. The molecule has 15 heavy (non-hydrogen) atoms. The highest BCUT2D eigenvalue weighted by Crippen LogP contribution is 2.16. The highest BCUT2D eigenvalue weighted by Gasteiger charge is 2.21. The maximum absolute atomic E-state index is 11.3. The van der Waals surface area contributed by atoms with E-state index in [9.17, 15) is 9.59 Å². The van der Waals surface area contributed by atoms with Crippen LogP contribution in [-0.4, -0.2) is 9.97 Å². The van der Waals surface area contributed by atoms with Crippen LogP contribution in [-0.2, 0) is 6.42 Å². The second kappa shape index (κ2) is 3.38. The second-order valence-electron chi connectivity index (χ2n) is 3.41. The third-order valence-electron chi connectivity index (χ3n) is 2.40. The van der Waals surface area contributed by atoms with Crippen molar-refractivity contribution >= 4 is 0 Å². The summed E-state index contributed by atoms with van der Waals surface area (Å²) in [5, 5.41) is 0. The Morgan fingerprint density at radius 3 is 2.40 bits per heavy atom.